The standard InChI is InChI=1S/C18H22BN3/c1-21-13-14-22(2)18(21)19-17(15-9-5-3-6-10-15)20-16-11-7-4-8-12-16/h3-14,17,20H,19H2,1-2H3. The Hall–Kier alpha value is -2.49. The van der Waals surface area contributed by atoms with Crippen LogP contribution in [0.2, 0.25) is 0 Å². The average Bonchev–Trinajstić information content (AvgIpc) is 2.88. The van der Waals surface area contributed by atoms with Gasteiger partial charge in [-0.1, -0.05) is 60.0 Å². The highest BCUT2D eigenvalue weighted by Gasteiger charge is 2.14. The molecule has 0 fully saturated rings. The van der Waals surface area contributed by atoms with E-state index >= 15 is 0 Å². The van der Waals surface area contributed by atoms with Gasteiger partial charge in [-0.3, -0.25) is 9.13 Å². The van der Waals surface area contributed by atoms with E-state index in [4.69, 9.17) is 0 Å². The highest BCUT2D eigenvalue weighted by molar-refractivity contribution is 6.52. The summed E-state index contributed by atoms with van der Waals surface area (Å²) in [5, 5.41) is 3.72. The summed E-state index contributed by atoms with van der Waals surface area (Å²) in [6.45, 7) is 0. The van der Waals surface area contributed by atoms with Crippen molar-refractivity contribution in [3.8, 4) is 0 Å². The molecule has 112 valence electrons. The van der Waals surface area contributed by atoms with Crippen LogP contribution in [-0.2, 0) is 14.1 Å². The Morgan fingerprint density at radius 2 is 1.64 bits per heavy atom. The van der Waals surface area contributed by atoms with Gasteiger partial charge in [-0.15, -0.1) is 0 Å². The maximum Gasteiger partial charge on any atom is 0.126 e. The molecule has 2 aromatic carbocycles. The van der Waals surface area contributed by atoms with E-state index in [-0.39, 0.29) is 0 Å². The average molecular weight is 291 g/mol. The number of aryl methyl sites for hydroxylation is 2. The number of nitrogens with zero attached hydrogens (tertiary/aromatic N) is 2. The number of anilines is 1. The van der Waals surface area contributed by atoms with Crippen LogP contribution in [0.5, 0.6) is 0 Å². The van der Waals surface area contributed by atoms with Gasteiger partial charge in [0.25, 0.3) is 0 Å². The summed E-state index contributed by atoms with van der Waals surface area (Å²) in [6.07, 6.45) is 4.26. The molecule has 0 radical (unpaired) electrons. The molecule has 1 N–H and O–H groups in total. The zero-order valence-corrected chi connectivity index (χ0v) is 13.4. The maximum atomic E-state index is 3.72. The van der Waals surface area contributed by atoms with E-state index in [9.17, 15) is 0 Å². The molecule has 1 atom stereocenters. The molecule has 1 heterocycles. The SMILES string of the molecule is Cn1cc[n+](C)c1[BH2-]C(Nc1ccccc1)c1ccccc1. The Morgan fingerprint density at radius 3 is 2.23 bits per heavy atom. The van der Waals surface area contributed by atoms with Crippen molar-refractivity contribution in [1.82, 2.24) is 4.57 Å². The van der Waals surface area contributed by atoms with Gasteiger partial charge in [-0.25, -0.2) is 0 Å². The maximum absolute atomic E-state index is 3.72. The van der Waals surface area contributed by atoms with Crippen molar-refractivity contribution >= 4 is 18.7 Å². The third-order valence-corrected chi connectivity index (χ3v) is 4.54. The van der Waals surface area contributed by atoms with E-state index in [2.05, 4.69) is 102 Å². The molecule has 3 nitrogen and oxygen atoms in total. The van der Waals surface area contributed by atoms with E-state index in [0.717, 1.165) is 0 Å². The van der Waals surface area contributed by atoms with Crippen LogP contribution in [0.4, 0.5) is 5.69 Å². The predicted octanol–water partition coefficient (Wildman–Crippen LogP) is 1.45. The Labute approximate surface area is 132 Å². The van der Waals surface area contributed by atoms with E-state index in [1.54, 1.807) is 0 Å². The lowest BCUT2D eigenvalue weighted by molar-refractivity contribution is -0.653. The van der Waals surface area contributed by atoms with Crippen molar-refractivity contribution in [3.63, 3.8) is 0 Å². The summed E-state index contributed by atoms with van der Waals surface area (Å²) >= 11 is 0. The van der Waals surface area contributed by atoms with Gasteiger partial charge in [-0.05, 0) is 12.1 Å². The molecule has 0 aliphatic carbocycles. The summed E-state index contributed by atoms with van der Waals surface area (Å²) in [5.41, 5.74) is 3.95. The van der Waals surface area contributed by atoms with Crippen molar-refractivity contribution in [1.29, 1.82) is 0 Å². The molecule has 22 heavy (non-hydrogen) atoms. The van der Waals surface area contributed by atoms with Gasteiger partial charge in [0.05, 0.1) is 19.8 Å². The van der Waals surface area contributed by atoms with Crippen LogP contribution in [-0.4, -0.2) is 11.8 Å². The molecule has 0 saturated carbocycles. The lowest BCUT2D eigenvalue weighted by Gasteiger charge is -2.24. The molecule has 3 rings (SSSR count). The molecule has 0 aliphatic rings. The highest BCUT2D eigenvalue weighted by atomic mass is 15.1. The number of hydrogen-bond acceptors (Lipinski definition) is 1. The zero-order chi connectivity index (χ0) is 15.4. The lowest BCUT2D eigenvalue weighted by atomic mass is 9.65. The molecule has 0 bridgehead atoms. The minimum Gasteiger partial charge on any atom is -0.413 e. The van der Waals surface area contributed by atoms with Crippen LogP contribution in [0.25, 0.3) is 0 Å². The van der Waals surface area contributed by atoms with Gasteiger partial charge in [0, 0.05) is 5.69 Å². The summed E-state index contributed by atoms with van der Waals surface area (Å²) in [5.74, 6) is 0.364. The number of rotatable bonds is 5. The smallest absolute Gasteiger partial charge is 0.126 e. The number of para-hydroxylation sites is 1. The first-order valence-corrected chi connectivity index (χ1v) is 7.92. The summed E-state index contributed by atoms with van der Waals surface area (Å²) in [7, 11) is 3.86. The van der Waals surface area contributed by atoms with Crippen LogP contribution in [0.3, 0.4) is 0 Å². The largest absolute Gasteiger partial charge is 0.413 e. The van der Waals surface area contributed by atoms with Gasteiger partial charge < -0.3 is 5.32 Å². The topological polar surface area (TPSA) is 20.8 Å². The second-order valence-electron chi connectivity index (χ2n) is 6.00. The Bertz CT molecular complexity index is 703. The molecule has 0 aliphatic heterocycles. The molecular weight excluding hydrogens is 269 g/mol. The summed E-state index contributed by atoms with van der Waals surface area (Å²) in [4.78, 5) is 0. The molecule has 4 heteroatoms. The van der Waals surface area contributed by atoms with E-state index in [0.29, 0.717) is 5.94 Å². The molecule has 1 aromatic heterocycles. The zero-order valence-electron chi connectivity index (χ0n) is 13.4. The van der Waals surface area contributed by atoms with Gasteiger partial charge >= 0.3 is 0 Å². The van der Waals surface area contributed by atoms with Crippen molar-refractivity contribution < 1.29 is 4.57 Å². The van der Waals surface area contributed by atoms with Crippen molar-refractivity contribution in [3.05, 3.63) is 78.6 Å². The van der Waals surface area contributed by atoms with Gasteiger partial charge in [-0.2, -0.15) is 0 Å². The van der Waals surface area contributed by atoms with Crippen LogP contribution in [0.15, 0.2) is 73.1 Å². The van der Waals surface area contributed by atoms with Crippen LogP contribution in [0.1, 0.15) is 11.5 Å². The summed E-state index contributed by atoms with van der Waals surface area (Å²) < 4.78 is 4.48. The van der Waals surface area contributed by atoms with Crippen LogP contribution < -0.4 is 15.6 Å². The van der Waals surface area contributed by atoms with Crippen molar-refractivity contribution in [2.75, 3.05) is 5.32 Å². The van der Waals surface area contributed by atoms with Gasteiger partial charge in [0.1, 0.15) is 19.7 Å². The Balaban J connectivity index is 1.90. The molecular formula is C18H22BN3. The first-order chi connectivity index (χ1) is 10.7. The van der Waals surface area contributed by atoms with Gasteiger partial charge in [0.2, 0.25) is 0 Å². The monoisotopic (exact) mass is 291 g/mol. The molecule has 0 spiro atoms. The first kappa shape index (κ1) is 14.5. The predicted molar refractivity (Wildman–Crippen MR) is 94.0 cm³/mol. The van der Waals surface area contributed by atoms with E-state index < -0.39 is 7.28 Å². The Kier molecular flexibility index (Phi) is 4.28. The number of aromatic nitrogens is 2. The van der Waals surface area contributed by atoms with Crippen LogP contribution in [0, 0.1) is 0 Å². The fraction of sp³-hybridized carbons (Fsp3) is 0.167. The number of hydrogen-bond donors (Lipinski definition) is 1. The van der Waals surface area contributed by atoms with Crippen molar-refractivity contribution in [2.45, 2.75) is 5.94 Å². The summed E-state index contributed by atoms with van der Waals surface area (Å²) in [6, 6.07) is 21.2. The minimum absolute atomic E-state index is 0.364. The van der Waals surface area contributed by atoms with Gasteiger partial charge in [0.15, 0.2) is 0 Å². The minimum atomic E-state index is -0.393. The lowest BCUT2D eigenvalue weighted by Crippen LogP contribution is -2.52. The molecule has 0 saturated heterocycles. The molecule has 0 amide bonds. The van der Waals surface area contributed by atoms with Crippen LogP contribution >= 0.6 is 0 Å². The second kappa shape index (κ2) is 6.52. The quantitative estimate of drug-likeness (QED) is 0.557. The third-order valence-electron chi connectivity index (χ3n) is 4.54. The number of imidazole rings is 1. The van der Waals surface area contributed by atoms with E-state index in [1.807, 2.05) is 0 Å². The van der Waals surface area contributed by atoms with E-state index in [1.165, 1.54) is 17.0 Å². The molecule has 1 unspecified atom stereocenters. The second-order valence-corrected chi connectivity index (χ2v) is 6.00. The first-order valence-electron chi connectivity index (χ1n) is 7.92. The van der Waals surface area contributed by atoms with Crippen molar-refractivity contribution in [2.24, 2.45) is 14.1 Å². The molecule has 3 aromatic rings. The normalized spacial score (nSPS) is 12.1. The highest BCUT2D eigenvalue weighted by Crippen LogP contribution is 2.18. The number of benzene rings is 2. The number of nitrogens with one attached hydrogen (secondary N) is 1. The fourth-order valence-electron chi connectivity index (χ4n) is 3.18. The Morgan fingerprint density at radius 1 is 1.00 bits per heavy atom. The third kappa shape index (κ3) is 3.22. The fourth-order valence-corrected chi connectivity index (χ4v) is 3.18.